The molecule has 0 rings (SSSR count). The summed E-state index contributed by atoms with van der Waals surface area (Å²) in [4.78, 5) is 0. The molecule has 1 unspecified atom stereocenters. The van der Waals surface area contributed by atoms with Gasteiger partial charge in [-0.15, -0.1) is 8.58 Å². The number of rotatable bonds is 5. The van der Waals surface area contributed by atoms with Gasteiger partial charge in [-0.05, 0) is 18.7 Å². The summed E-state index contributed by atoms with van der Waals surface area (Å²) in [6.45, 7) is 2.57. The van der Waals surface area contributed by atoms with Crippen molar-refractivity contribution in [3.63, 3.8) is 0 Å². The van der Waals surface area contributed by atoms with E-state index in [0.717, 1.165) is 15.0 Å². The van der Waals surface area contributed by atoms with Gasteiger partial charge in [0, 0.05) is 6.61 Å². The maximum atomic E-state index is 8.37. The lowest BCUT2D eigenvalue weighted by molar-refractivity contribution is 0.296. The van der Waals surface area contributed by atoms with Crippen molar-refractivity contribution < 1.29 is 5.11 Å². The fourth-order valence-corrected chi connectivity index (χ4v) is 1.52. The van der Waals surface area contributed by atoms with Crippen molar-refractivity contribution in [2.75, 3.05) is 18.9 Å². The van der Waals surface area contributed by atoms with Gasteiger partial charge in [0.15, 0.2) is 0 Å². The average molecular weight is 134 g/mol. The molecule has 0 aromatic carbocycles. The highest BCUT2D eigenvalue weighted by atomic mass is 31.1. The van der Waals surface area contributed by atoms with E-state index in [1.807, 2.05) is 0 Å². The van der Waals surface area contributed by atoms with Gasteiger partial charge in [-0.3, -0.25) is 0 Å². The second-order valence-corrected chi connectivity index (χ2v) is 3.33. The molecular weight excluding hydrogens is 119 g/mol. The van der Waals surface area contributed by atoms with Gasteiger partial charge in [-0.1, -0.05) is 13.3 Å². The second kappa shape index (κ2) is 7.39. The van der Waals surface area contributed by atoms with Crippen LogP contribution in [0.3, 0.4) is 0 Å². The Labute approximate surface area is 53.3 Å². The first-order valence-electron chi connectivity index (χ1n) is 3.23. The van der Waals surface area contributed by atoms with Gasteiger partial charge < -0.3 is 5.11 Å². The first-order valence-corrected chi connectivity index (χ1v) is 4.64. The van der Waals surface area contributed by atoms with Crippen LogP contribution in [0, 0.1) is 0 Å². The van der Waals surface area contributed by atoms with Crippen molar-refractivity contribution in [1.29, 1.82) is 0 Å². The van der Waals surface area contributed by atoms with Crippen LogP contribution in [0.4, 0.5) is 0 Å². The molecule has 0 heterocycles. The van der Waals surface area contributed by atoms with E-state index in [1.165, 1.54) is 18.7 Å². The van der Waals surface area contributed by atoms with E-state index in [2.05, 4.69) is 6.92 Å². The first kappa shape index (κ1) is 8.39. The molecule has 0 spiro atoms. The van der Waals surface area contributed by atoms with Crippen LogP contribution in [-0.2, 0) is 0 Å². The lowest BCUT2D eigenvalue weighted by atomic mass is 10.5. The van der Waals surface area contributed by atoms with E-state index in [0.29, 0.717) is 6.61 Å². The standard InChI is InChI=1S/C6H15OP/c1-2-5-8-6-3-4-7/h7-8H,2-6H2,1H3. The Morgan fingerprint density at radius 1 is 1.38 bits per heavy atom. The predicted molar refractivity (Wildman–Crippen MR) is 40.0 cm³/mol. The van der Waals surface area contributed by atoms with Gasteiger partial charge in [-0.2, -0.15) is 0 Å². The lowest BCUT2D eigenvalue weighted by Gasteiger charge is -1.94. The van der Waals surface area contributed by atoms with E-state index in [4.69, 9.17) is 5.11 Å². The van der Waals surface area contributed by atoms with Gasteiger partial charge in [0.25, 0.3) is 0 Å². The second-order valence-electron chi connectivity index (χ2n) is 1.83. The van der Waals surface area contributed by atoms with Crippen LogP contribution in [-0.4, -0.2) is 24.0 Å². The highest BCUT2D eigenvalue weighted by Gasteiger charge is 1.83. The van der Waals surface area contributed by atoms with Crippen LogP contribution >= 0.6 is 8.58 Å². The van der Waals surface area contributed by atoms with E-state index in [-0.39, 0.29) is 0 Å². The van der Waals surface area contributed by atoms with Gasteiger partial charge in [0.05, 0.1) is 0 Å². The fourth-order valence-electron chi connectivity index (χ4n) is 0.506. The Hall–Kier alpha value is 0.390. The topological polar surface area (TPSA) is 20.2 Å². The normalized spacial score (nSPS) is 11.2. The summed E-state index contributed by atoms with van der Waals surface area (Å²) >= 11 is 0. The summed E-state index contributed by atoms with van der Waals surface area (Å²) in [5.74, 6) is 0. The molecule has 1 atom stereocenters. The maximum absolute atomic E-state index is 8.37. The number of aliphatic hydroxyl groups excluding tert-OH is 1. The van der Waals surface area contributed by atoms with Gasteiger partial charge in [-0.25, -0.2) is 0 Å². The molecule has 0 aromatic rings. The summed E-state index contributed by atoms with van der Waals surface area (Å²) in [5, 5.41) is 8.37. The van der Waals surface area contributed by atoms with Gasteiger partial charge in [0.2, 0.25) is 0 Å². The smallest absolute Gasteiger partial charge is 0.0434 e. The molecule has 0 saturated carbocycles. The molecule has 0 bridgehead atoms. The largest absolute Gasteiger partial charge is 0.396 e. The summed E-state index contributed by atoms with van der Waals surface area (Å²) in [5.41, 5.74) is 0. The number of aliphatic hydroxyl groups is 1. The average Bonchev–Trinajstić information content (AvgIpc) is 1.81. The van der Waals surface area contributed by atoms with E-state index in [1.54, 1.807) is 0 Å². The lowest BCUT2D eigenvalue weighted by Crippen LogP contribution is -1.84. The van der Waals surface area contributed by atoms with Crippen molar-refractivity contribution in [3.8, 4) is 0 Å². The Balaban J connectivity index is 2.53. The molecule has 0 aliphatic rings. The molecule has 0 aliphatic heterocycles. The van der Waals surface area contributed by atoms with E-state index in [9.17, 15) is 0 Å². The molecule has 0 saturated heterocycles. The molecule has 50 valence electrons. The minimum Gasteiger partial charge on any atom is -0.396 e. The summed E-state index contributed by atoms with van der Waals surface area (Å²) in [6, 6.07) is 0. The molecular formula is C6H15OP. The van der Waals surface area contributed by atoms with Crippen molar-refractivity contribution in [2.24, 2.45) is 0 Å². The van der Waals surface area contributed by atoms with Crippen molar-refractivity contribution in [2.45, 2.75) is 19.8 Å². The van der Waals surface area contributed by atoms with E-state index >= 15 is 0 Å². The SMILES string of the molecule is CCCPCCCO. The highest BCUT2D eigenvalue weighted by molar-refractivity contribution is 7.37. The number of hydrogen-bond donors (Lipinski definition) is 1. The van der Waals surface area contributed by atoms with Crippen LogP contribution in [0.25, 0.3) is 0 Å². The minimum absolute atomic E-state index is 0.372. The Kier molecular flexibility index (Phi) is 7.75. The molecule has 0 amide bonds. The zero-order valence-electron chi connectivity index (χ0n) is 5.48. The molecule has 0 fully saturated rings. The van der Waals surface area contributed by atoms with E-state index < -0.39 is 0 Å². The molecule has 1 nitrogen and oxygen atoms in total. The Morgan fingerprint density at radius 2 is 2.12 bits per heavy atom. The van der Waals surface area contributed by atoms with Gasteiger partial charge >= 0.3 is 0 Å². The van der Waals surface area contributed by atoms with Crippen molar-refractivity contribution in [1.82, 2.24) is 0 Å². The maximum Gasteiger partial charge on any atom is 0.0434 e. The number of hydrogen-bond acceptors (Lipinski definition) is 1. The third-order valence-corrected chi connectivity index (χ3v) is 2.50. The summed E-state index contributed by atoms with van der Waals surface area (Å²) < 4.78 is 0. The summed E-state index contributed by atoms with van der Waals surface area (Å²) in [7, 11) is 1.08. The summed E-state index contributed by atoms with van der Waals surface area (Å²) in [6.07, 6.45) is 4.87. The molecule has 1 N–H and O–H groups in total. The fraction of sp³-hybridized carbons (Fsp3) is 1.00. The highest BCUT2D eigenvalue weighted by Crippen LogP contribution is 2.11. The molecule has 0 aromatic heterocycles. The third-order valence-electron chi connectivity index (χ3n) is 0.938. The molecule has 2 heteroatoms. The molecule has 0 aliphatic carbocycles. The zero-order chi connectivity index (χ0) is 6.24. The Bertz CT molecular complexity index is 33.5. The monoisotopic (exact) mass is 134 g/mol. The van der Waals surface area contributed by atoms with Crippen LogP contribution in [0.5, 0.6) is 0 Å². The zero-order valence-corrected chi connectivity index (χ0v) is 6.48. The quantitative estimate of drug-likeness (QED) is 0.445. The Morgan fingerprint density at radius 3 is 2.62 bits per heavy atom. The van der Waals surface area contributed by atoms with Crippen molar-refractivity contribution >= 4 is 8.58 Å². The third kappa shape index (κ3) is 6.39. The molecule has 0 radical (unpaired) electrons. The van der Waals surface area contributed by atoms with Crippen LogP contribution in [0.2, 0.25) is 0 Å². The van der Waals surface area contributed by atoms with Crippen LogP contribution in [0.1, 0.15) is 19.8 Å². The minimum atomic E-state index is 0.372. The predicted octanol–water partition coefficient (Wildman–Crippen LogP) is 1.46. The van der Waals surface area contributed by atoms with Gasteiger partial charge in [0.1, 0.15) is 0 Å². The van der Waals surface area contributed by atoms with Crippen molar-refractivity contribution in [3.05, 3.63) is 0 Å². The van der Waals surface area contributed by atoms with Crippen LogP contribution in [0.15, 0.2) is 0 Å². The van der Waals surface area contributed by atoms with Crippen LogP contribution < -0.4 is 0 Å². The molecule has 8 heavy (non-hydrogen) atoms. The first-order chi connectivity index (χ1) is 3.91.